The van der Waals surface area contributed by atoms with Gasteiger partial charge in [0.05, 0.1) is 24.2 Å². The van der Waals surface area contributed by atoms with Gasteiger partial charge in [0.1, 0.15) is 0 Å². The molecule has 1 aromatic carbocycles. The average molecular weight is 679 g/mol. The molecule has 7 unspecified atom stereocenters. The molecule has 0 bridgehead atoms. The molecule has 266 valence electrons. The van der Waals surface area contributed by atoms with E-state index in [-0.39, 0.29) is 16.8 Å². The van der Waals surface area contributed by atoms with Gasteiger partial charge in [-0.2, -0.15) is 0 Å². The summed E-state index contributed by atoms with van der Waals surface area (Å²) in [5.41, 5.74) is 4.71. The fourth-order valence-electron chi connectivity index (χ4n) is 13.5. The summed E-state index contributed by atoms with van der Waals surface area (Å²) in [7, 11) is -1.37. The number of hydrogen-bond donors (Lipinski definition) is 1. The molecule has 0 spiro atoms. The number of esters is 1. The largest absolute Gasteiger partial charge is 0.465 e. The van der Waals surface area contributed by atoms with Crippen molar-refractivity contribution in [1.82, 2.24) is 10.2 Å². The Bertz CT molecular complexity index is 1520. The van der Waals surface area contributed by atoms with Crippen LogP contribution in [-0.2, 0) is 14.6 Å². The number of ether oxygens (including phenoxy) is 1. The van der Waals surface area contributed by atoms with E-state index >= 15 is 0 Å². The molecule has 1 aliphatic heterocycles. The van der Waals surface area contributed by atoms with Crippen LogP contribution >= 0.6 is 0 Å². The number of rotatable bonds is 7. The Morgan fingerprint density at radius 3 is 2.31 bits per heavy atom. The van der Waals surface area contributed by atoms with Crippen molar-refractivity contribution in [2.75, 3.05) is 44.8 Å². The minimum atomic E-state index is -2.82. The van der Waals surface area contributed by atoms with E-state index in [0.29, 0.717) is 52.4 Å². The van der Waals surface area contributed by atoms with Gasteiger partial charge >= 0.3 is 5.97 Å². The molecule has 5 aliphatic carbocycles. The maximum Gasteiger partial charge on any atom is 0.337 e. The molecule has 6 nitrogen and oxygen atoms in total. The second-order valence-electron chi connectivity index (χ2n) is 18.2. The lowest BCUT2D eigenvalue weighted by Crippen LogP contribution is -2.67. The van der Waals surface area contributed by atoms with Crippen LogP contribution in [0.25, 0.3) is 5.57 Å². The number of nitrogens with one attached hydrogen (secondary N) is 1. The van der Waals surface area contributed by atoms with E-state index < -0.39 is 9.84 Å². The number of carbonyl (C=O) groups is 1. The Morgan fingerprint density at radius 2 is 1.60 bits per heavy atom. The van der Waals surface area contributed by atoms with E-state index in [9.17, 15) is 13.2 Å². The first kappa shape index (κ1) is 34.7. The van der Waals surface area contributed by atoms with Crippen LogP contribution in [-0.4, -0.2) is 69.6 Å². The molecule has 4 saturated carbocycles. The lowest BCUT2D eigenvalue weighted by Gasteiger charge is -2.72. The first-order valence-corrected chi connectivity index (χ1v) is 21.1. The smallest absolute Gasteiger partial charge is 0.337 e. The molecule has 0 radical (unpaired) electrons. The van der Waals surface area contributed by atoms with Gasteiger partial charge in [-0.3, -0.25) is 0 Å². The van der Waals surface area contributed by atoms with E-state index in [1.807, 2.05) is 12.1 Å². The van der Waals surface area contributed by atoms with Gasteiger partial charge in [0, 0.05) is 18.6 Å². The summed E-state index contributed by atoms with van der Waals surface area (Å²) in [6, 6.07) is 8.12. The summed E-state index contributed by atoms with van der Waals surface area (Å²) in [4.78, 5) is 14.5. The Morgan fingerprint density at radius 1 is 0.875 bits per heavy atom. The average Bonchev–Trinajstić information content (AvgIpc) is 3.48. The van der Waals surface area contributed by atoms with Crippen LogP contribution in [0.1, 0.15) is 121 Å². The number of hydrogen-bond acceptors (Lipinski definition) is 6. The lowest BCUT2D eigenvalue weighted by molar-refractivity contribution is -0.217. The Hall–Kier alpha value is -1.70. The zero-order valence-electron chi connectivity index (χ0n) is 30.7. The molecule has 6 aliphatic rings. The number of benzene rings is 1. The first-order valence-electron chi connectivity index (χ1n) is 19.3. The van der Waals surface area contributed by atoms with Crippen LogP contribution in [0.2, 0.25) is 0 Å². The second kappa shape index (κ2) is 12.2. The van der Waals surface area contributed by atoms with Crippen LogP contribution in [0.3, 0.4) is 0 Å². The summed E-state index contributed by atoms with van der Waals surface area (Å²) < 4.78 is 28.7. The van der Waals surface area contributed by atoms with Gasteiger partial charge in [-0.05, 0) is 146 Å². The van der Waals surface area contributed by atoms with Gasteiger partial charge in [0.25, 0.3) is 0 Å². The van der Waals surface area contributed by atoms with Crippen LogP contribution in [0.5, 0.6) is 0 Å². The van der Waals surface area contributed by atoms with E-state index in [1.54, 1.807) is 0 Å². The molecule has 0 amide bonds. The third-order valence-electron chi connectivity index (χ3n) is 16.1. The van der Waals surface area contributed by atoms with Crippen molar-refractivity contribution >= 4 is 21.4 Å². The molecular formula is C41H62N2O4S. The number of sulfone groups is 1. The van der Waals surface area contributed by atoms with E-state index in [4.69, 9.17) is 4.74 Å². The van der Waals surface area contributed by atoms with Crippen molar-refractivity contribution in [2.24, 2.45) is 45.3 Å². The zero-order chi connectivity index (χ0) is 34.2. The van der Waals surface area contributed by atoms with Gasteiger partial charge in [0.2, 0.25) is 0 Å². The number of carbonyl (C=O) groups excluding carboxylic acids is 1. The minimum Gasteiger partial charge on any atom is -0.465 e. The predicted molar refractivity (Wildman–Crippen MR) is 194 cm³/mol. The first-order chi connectivity index (χ1) is 22.7. The monoisotopic (exact) mass is 678 g/mol. The van der Waals surface area contributed by atoms with Crippen molar-refractivity contribution in [3.63, 3.8) is 0 Å². The standard InChI is InChI=1S/C41H62N2O4S/c1-37(2)31(29-10-12-30(13-11-29)36(44)47-6)16-19-38(3)34(37)17-20-40(5)35(38)15-14-32-33-9-7-18-41(33,22-21-39(32,40)4)42-23-8-24-43-25-27-48(45,46)28-26-43/h10-13,16,32-35,42H,7-9,14-15,17-28H2,1-6H3/t32?,33?,34?,35?,38?,39-,40?,41?/m1/s1. The van der Waals surface area contributed by atoms with Crippen molar-refractivity contribution in [2.45, 2.75) is 111 Å². The fourth-order valence-corrected chi connectivity index (χ4v) is 14.8. The molecule has 1 aromatic rings. The second-order valence-corrected chi connectivity index (χ2v) is 20.5. The number of nitrogens with zero attached hydrogens (tertiary/aromatic N) is 1. The van der Waals surface area contributed by atoms with Gasteiger partial charge in [-0.25, -0.2) is 13.2 Å². The molecule has 1 N–H and O–H groups in total. The summed E-state index contributed by atoms with van der Waals surface area (Å²) in [5.74, 6) is 3.33. The van der Waals surface area contributed by atoms with E-state index in [0.717, 1.165) is 43.7 Å². The van der Waals surface area contributed by atoms with Crippen LogP contribution in [0.4, 0.5) is 0 Å². The van der Waals surface area contributed by atoms with Crippen molar-refractivity contribution in [3.05, 3.63) is 41.5 Å². The van der Waals surface area contributed by atoms with Crippen molar-refractivity contribution in [3.8, 4) is 0 Å². The van der Waals surface area contributed by atoms with Crippen LogP contribution < -0.4 is 5.32 Å². The normalized spacial score (nSPS) is 41.7. The van der Waals surface area contributed by atoms with Crippen LogP contribution in [0.15, 0.2) is 30.3 Å². The fraction of sp³-hybridized carbons (Fsp3) is 0.780. The summed E-state index contributed by atoms with van der Waals surface area (Å²) in [5, 5.41) is 4.21. The Kier molecular flexibility index (Phi) is 8.84. The number of fused-ring (bicyclic) bond motifs is 7. The molecule has 5 fully saturated rings. The minimum absolute atomic E-state index is 0.0679. The van der Waals surface area contributed by atoms with Gasteiger partial charge in [-0.1, -0.05) is 59.2 Å². The van der Waals surface area contributed by atoms with Crippen molar-refractivity contribution in [1.29, 1.82) is 0 Å². The highest BCUT2D eigenvalue weighted by molar-refractivity contribution is 7.91. The Labute approximate surface area is 291 Å². The lowest BCUT2D eigenvalue weighted by atomic mass is 9.33. The summed E-state index contributed by atoms with van der Waals surface area (Å²) in [6.07, 6.45) is 16.9. The molecule has 0 aromatic heterocycles. The topological polar surface area (TPSA) is 75.7 Å². The maximum atomic E-state index is 12.1. The maximum absolute atomic E-state index is 12.1. The molecule has 48 heavy (non-hydrogen) atoms. The number of methoxy groups -OCH3 is 1. The highest BCUT2D eigenvalue weighted by Crippen LogP contribution is 2.76. The molecular weight excluding hydrogens is 617 g/mol. The molecule has 7 heteroatoms. The molecule has 1 saturated heterocycles. The molecule has 8 atom stereocenters. The summed E-state index contributed by atoms with van der Waals surface area (Å²) in [6.45, 7) is 16.6. The third-order valence-corrected chi connectivity index (χ3v) is 17.7. The molecule has 1 heterocycles. The quantitative estimate of drug-likeness (QED) is 0.235. The van der Waals surface area contributed by atoms with Gasteiger partial charge in [-0.15, -0.1) is 0 Å². The highest BCUT2D eigenvalue weighted by atomic mass is 32.2. The molecule has 7 rings (SSSR count). The van der Waals surface area contributed by atoms with Crippen molar-refractivity contribution < 1.29 is 17.9 Å². The van der Waals surface area contributed by atoms with E-state index in [1.165, 1.54) is 76.0 Å². The Balaban J connectivity index is 1.07. The number of allylic oxidation sites excluding steroid dienone is 2. The van der Waals surface area contributed by atoms with Gasteiger partial charge in [0.15, 0.2) is 9.84 Å². The third kappa shape index (κ3) is 5.38. The van der Waals surface area contributed by atoms with Gasteiger partial charge < -0.3 is 15.0 Å². The van der Waals surface area contributed by atoms with E-state index in [2.05, 4.69) is 63.0 Å². The predicted octanol–water partition coefficient (Wildman–Crippen LogP) is 7.78. The zero-order valence-corrected chi connectivity index (χ0v) is 31.5. The highest BCUT2D eigenvalue weighted by Gasteiger charge is 2.69. The summed E-state index contributed by atoms with van der Waals surface area (Å²) >= 11 is 0. The van der Waals surface area contributed by atoms with Crippen LogP contribution in [0, 0.1) is 45.3 Å². The SMILES string of the molecule is COC(=O)c1ccc(C2=CCC3(C)C(CCC4(C)C3CCC3C5CCCC5(NCCCN5CCS(=O)(=O)CC5)CC[C@]34C)C2(C)C)cc1.